The molecule has 1 aliphatic carbocycles. The summed E-state index contributed by atoms with van der Waals surface area (Å²) in [5, 5.41) is 3.02. The van der Waals surface area contributed by atoms with E-state index in [2.05, 4.69) is 19.2 Å². The van der Waals surface area contributed by atoms with Crippen LogP contribution in [-0.4, -0.2) is 32.2 Å². The first-order chi connectivity index (χ1) is 8.47. The highest BCUT2D eigenvalue weighted by molar-refractivity contribution is 5.79. The monoisotopic (exact) mass is 256 g/mol. The number of nitrogens with two attached hydrogens (primary N) is 1. The number of carbonyl (C=O) groups is 1. The second-order valence-corrected chi connectivity index (χ2v) is 6.08. The lowest BCUT2D eigenvalue weighted by molar-refractivity contribution is -0.130. The minimum absolute atomic E-state index is 0.00895. The van der Waals surface area contributed by atoms with E-state index in [1.165, 1.54) is 12.8 Å². The van der Waals surface area contributed by atoms with Crippen molar-refractivity contribution in [1.82, 2.24) is 5.32 Å². The van der Waals surface area contributed by atoms with Crippen LogP contribution in [0.5, 0.6) is 0 Å². The van der Waals surface area contributed by atoms with Crippen molar-refractivity contribution in [2.75, 3.05) is 20.3 Å². The predicted molar refractivity (Wildman–Crippen MR) is 73.2 cm³/mol. The average Bonchev–Trinajstić information content (AvgIpc) is 2.28. The van der Waals surface area contributed by atoms with Gasteiger partial charge in [0.1, 0.15) is 0 Å². The van der Waals surface area contributed by atoms with Gasteiger partial charge in [-0.1, -0.05) is 26.7 Å². The maximum absolute atomic E-state index is 12.2. The third-order valence-corrected chi connectivity index (χ3v) is 4.02. The first-order valence-corrected chi connectivity index (χ1v) is 6.99. The largest absolute Gasteiger partial charge is 0.383 e. The molecule has 0 aromatic carbocycles. The first kappa shape index (κ1) is 15.4. The smallest absolute Gasteiger partial charge is 0.223 e. The summed E-state index contributed by atoms with van der Waals surface area (Å²) in [6.07, 6.45) is 5.35. The van der Waals surface area contributed by atoms with Gasteiger partial charge in [-0.3, -0.25) is 4.79 Å². The molecule has 4 nitrogen and oxygen atoms in total. The fraction of sp³-hybridized carbons (Fsp3) is 0.929. The number of rotatable bonds is 6. The van der Waals surface area contributed by atoms with Gasteiger partial charge in [-0.25, -0.2) is 0 Å². The fourth-order valence-electron chi connectivity index (χ4n) is 2.78. The van der Waals surface area contributed by atoms with Crippen molar-refractivity contribution >= 4 is 5.91 Å². The molecule has 1 rings (SSSR count). The second-order valence-electron chi connectivity index (χ2n) is 6.08. The highest BCUT2D eigenvalue weighted by Gasteiger charge is 2.36. The van der Waals surface area contributed by atoms with Crippen molar-refractivity contribution in [2.45, 2.75) is 52.0 Å². The molecule has 2 atom stereocenters. The van der Waals surface area contributed by atoms with Gasteiger partial charge in [0.15, 0.2) is 0 Å². The van der Waals surface area contributed by atoms with Crippen LogP contribution in [0.3, 0.4) is 0 Å². The molecule has 0 heterocycles. The molecule has 0 spiro atoms. The van der Waals surface area contributed by atoms with Crippen molar-refractivity contribution in [2.24, 2.45) is 17.1 Å². The minimum Gasteiger partial charge on any atom is -0.383 e. The van der Waals surface area contributed by atoms with Crippen molar-refractivity contribution in [1.29, 1.82) is 0 Å². The van der Waals surface area contributed by atoms with Crippen molar-refractivity contribution < 1.29 is 9.53 Å². The van der Waals surface area contributed by atoms with E-state index >= 15 is 0 Å². The molecule has 1 aliphatic rings. The molecule has 18 heavy (non-hydrogen) atoms. The molecule has 1 saturated carbocycles. The Hall–Kier alpha value is -0.610. The Morgan fingerprint density at radius 2 is 2.22 bits per heavy atom. The number of methoxy groups -OCH3 is 1. The Morgan fingerprint density at radius 3 is 2.83 bits per heavy atom. The fourth-order valence-corrected chi connectivity index (χ4v) is 2.78. The van der Waals surface area contributed by atoms with Crippen LogP contribution in [-0.2, 0) is 9.53 Å². The average molecular weight is 256 g/mol. The SMILES string of the molecule is COCC(N)CCNC(=O)C1CCCCC1(C)C. The van der Waals surface area contributed by atoms with Gasteiger partial charge in [0.2, 0.25) is 5.91 Å². The molecule has 4 heteroatoms. The van der Waals surface area contributed by atoms with E-state index in [4.69, 9.17) is 10.5 Å². The minimum atomic E-state index is 0.00895. The van der Waals surface area contributed by atoms with Crippen LogP contribution in [0.4, 0.5) is 0 Å². The summed E-state index contributed by atoms with van der Waals surface area (Å²) in [5.74, 6) is 0.356. The Balaban J connectivity index is 2.31. The Labute approximate surface area is 111 Å². The van der Waals surface area contributed by atoms with Gasteiger partial charge >= 0.3 is 0 Å². The molecule has 0 aromatic heterocycles. The third-order valence-electron chi connectivity index (χ3n) is 4.02. The van der Waals surface area contributed by atoms with Crippen LogP contribution in [0.15, 0.2) is 0 Å². The van der Waals surface area contributed by atoms with Crippen molar-refractivity contribution in [3.05, 3.63) is 0 Å². The summed E-state index contributed by atoms with van der Waals surface area (Å²) in [6, 6.07) is 0.00895. The zero-order valence-corrected chi connectivity index (χ0v) is 12.0. The zero-order chi connectivity index (χ0) is 13.6. The highest BCUT2D eigenvalue weighted by Crippen LogP contribution is 2.40. The van der Waals surface area contributed by atoms with Crippen LogP contribution in [0.1, 0.15) is 46.0 Å². The van der Waals surface area contributed by atoms with Crippen LogP contribution in [0.2, 0.25) is 0 Å². The molecular weight excluding hydrogens is 228 g/mol. The van der Waals surface area contributed by atoms with E-state index in [1.807, 2.05) is 0 Å². The Morgan fingerprint density at radius 1 is 1.50 bits per heavy atom. The van der Waals surface area contributed by atoms with Gasteiger partial charge in [0, 0.05) is 25.6 Å². The number of hydrogen-bond donors (Lipinski definition) is 2. The van der Waals surface area contributed by atoms with E-state index in [0.29, 0.717) is 13.2 Å². The van der Waals surface area contributed by atoms with Crippen LogP contribution in [0, 0.1) is 11.3 Å². The maximum Gasteiger partial charge on any atom is 0.223 e. The topological polar surface area (TPSA) is 64.3 Å². The van der Waals surface area contributed by atoms with E-state index < -0.39 is 0 Å². The summed E-state index contributed by atoms with van der Waals surface area (Å²) >= 11 is 0. The van der Waals surface area contributed by atoms with Gasteiger partial charge in [0.25, 0.3) is 0 Å². The number of carbonyl (C=O) groups excluding carboxylic acids is 1. The normalized spacial score (nSPS) is 24.6. The quantitative estimate of drug-likeness (QED) is 0.760. The summed E-state index contributed by atoms with van der Waals surface area (Å²) in [6.45, 7) is 5.60. The van der Waals surface area contributed by atoms with Crippen LogP contribution >= 0.6 is 0 Å². The molecule has 1 amide bonds. The molecule has 0 saturated heterocycles. The summed E-state index contributed by atoms with van der Waals surface area (Å²) in [4.78, 5) is 12.2. The Kier molecular flexibility index (Phi) is 6.09. The summed E-state index contributed by atoms with van der Waals surface area (Å²) < 4.78 is 4.97. The van der Waals surface area contributed by atoms with Gasteiger partial charge in [-0.05, 0) is 24.7 Å². The number of hydrogen-bond acceptors (Lipinski definition) is 3. The molecule has 106 valence electrons. The highest BCUT2D eigenvalue weighted by atomic mass is 16.5. The molecule has 0 radical (unpaired) electrons. The second kappa shape index (κ2) is 7.10. The molecule has 0 aromatic rings. The lowest BCUT2D eigenvalue weighted by Gasteiger charge is -2.37. The zero-order valence-electron chi connectivity index (χ0n) is 12.0. The number of amides is 1. The van der Waals surface area contributed by atoms with E-state index in [9.17, 15) is 4.79 Å². The third kappa shape index (κ3) is 4.58. The summed E-state index contributed by atoms with van der Waals surface area (Å²) in [7, 11) is 1.64. The molecule has 2 unspecified atom stereocenters. The van der Waals surface area contributed by atoms with E-state index in [0.717, 1.165) is 19.3 Å². The van der Waals surface area contributed by atoms with Gasteiger partial charge in [-0.2, -0.15) is 0 Å². The van der Waals surface area contributed by atoms with Crippen molar-refractivity contribution in [3.63, 3.8) is 0 Å². The predicted octanol–water partition coefficient (Wildman–Crippen LogP) is 1.68. The van der Waals surface area contributed by atoms with Crippen molar-refractivity contribution in [3.8, 4) is 0 Å². The van der Waals surface area contributed by atoms with E-state index in [1.54, 1.807) is 7.11 Å². The standard InChI is InChI=1S/C14H28N2O2/c1-14(2)8-5-4-6-12(14)13(17)16-9-7-11(15)10-18-3/h11-12H,4-10,15H2,1-3H3,(H,16,17). The Bertz CT molecular complexity index is 267. The summed E-state index contributed by atoms with van der Waals surface area (Å²) in [5.41, 5.74) is 5.96. The van der Waals surface area contributed by atoms with E-state index in [-0.39, 0.29) is 23.3 Å². The van der Waals surface area contributed by atoms with Gasteiger partial charge in [0.05, 0.1) is 6.61 Å². The van der Waals surface area contributed by atoms with Gasteiger partial charge < -0.3 is 15.8 Å². The maximum atomic E-state index is 12.2. The first-order valence-electron chi connectivity index (χ1n) is 6.99. The molecule has 0 aliphatic heterocycles. The lowest BCUT2D eigenvalue weighted by atomic mass is 9.68. The van der Waals surface area contributed by atoms with Crippen LogP contribution < -0.4 is 11.1 Å². The molecule has 3 N–H and O–H groups in total. The molecule has 0 bridgehead atoms. The molecule has 1 fully saturated rings. The number of ether oxygens (including phenoxy) is 1. The molecular formula is C14H28N2O2. The van der Waals surface area contributed by atoms with Crippen LogP contribution in [0.25, 0.3) is 0 Å². The number of nitrogens with one attached hydrogen (secondary N) is 1. The lowest BCUT2D eigenvalue weighted by Crippen LogP contribution is -2.42. The van der Waals surface area contributed by atoms with Gasteiger partial charge in [-0.15, -0.1) is 0 Å².